The second kappa shape index (κ2) is 8.48. The molecular formula is C25H28ClN3O2. The molecule has 2 amide bonds. The van der Waals surface area contributed by atoms with Crippen molar-refractivity contribution in [1.29, 1.82) is 0 Å². The van der Waals surface area contributed by atoms with Gasteiger partial charge in [-0.3, -0.25) is 9.59 Å². The number of rotatable bonds is 4. The molecule has 0 aromatic heterocycles. The molecule has 0 spiro atoms. The minimum atomic E-state index is -0.297. The Labute approximate surface area is 188 Å². The maximum absolute atomic E-state index is 13.7. The first-order chi connectivity index (χ1) is 14.8. The summed E-state index contributed by atoms with van der Waals surface area (Å²) in [7, 11) is 4.06. The first kappa shape index (κ1) is 21.6. The molecule has 5 nitrogen and oxygen atoms in total. The van der Waals surface area contributed by atoms with E-state index in [0.717, 1.165) is 42.6 Å². The van der Waals surface area contributed by atoms with Crippen LogP contribution in [0.1, 0.15) is 29.5 Å². The zero-order valence-corrected chi connectivity index (χ0v) is 19.2. The highest BCUT2D eigenvalue weighted by molar-refractivity contribution is 6.45. The fourth-order valence-corrected chi connectivity index (χ4v) is 4.60. The Hall–Kier alpha value is -2.63. The maximum atomic E-state index is 13.7. The van der Waals surface area contributed by atoms with Gasteiger partial charge in [-0.1, -0.05) is 47.5 Å². The number of amides is 2. The summed E-state index contributed by atoms with van der Waals surface area (Å²) in [5, 5.41) is 0.496. The van der Waals surface area contributed by atoms with Gasteiger partial charge in [0.15, 0.2) is 0 Å². The summed E-state index contributed by atoms with van der Waals surface area (Å²) in [5.41, 5.74) is 4.18. The number of imide groups is 1. The third-order valence-corrected chi connectivity index (χ3v) is 6.64. The van der Waals surface area contributed by atoms with Crippen molar-refractivity contribution in [3.8, 4) is 0 Å². The Morgan fingerprint density at radius 2 is 1.61 bits per heavy atom. The van der Waals surface area contributed by atoms with Crippen LogP contribution in [-0.2, 0) is 9.59 Å². The van der Waals surface area contributed by atoms with E-state index in [0.29, 0.717) is 22.0 Å². The van der Waals surface area contributed by atoms with Crippen LogP contribution in [-0.4, -0.2) is 54.8 Å². The predicted molar refractivity (Wildman–Crippen MR) is 125 cm³/mol. The second-order valence-electron chi connectivity index (χ2n) is 8.61. The van der Waals surface area contributed by atoms with Gasteiger partial charge in [-0.15, -0.1) is 0 Å². The Bertz CT molecular complexity index is 1050. The molecule has 1 saturated heterocycles. The van der Waals surface area contributed by atoms with Crippen molar-refractivity contribution < 1.29 is 9.59 Å². The van der Waals surface area contributed by atoms with Crippen molar-refractivity contribution in [1.82, 2.24) is 9.80 Å². The van der Waals surface area contributed by atoms with Crippen LogP contribution in [0.25, 0.3) is 5.57 Å². The van der Waals surface area contributed by atoms with E-state index in [2.05, 4.69) is 11.9 Å². The number of hydrogen-bond acceptors (Lipinski definition) is 4. The number of likely N-dealkylation sites (N-methyl/N-ethyl adjacent to an activating group) is 1. The molecule has 0 aliphatic carbocycles. The van der Waals surface area contributed by atoms with E-state index < -0.39 is 0 Å². The summed E-state index contributed by atoms with van der Waals surface area (Å²) in [4.78, 5) is 33.0. The fraction of sp³-hybridized carbons (Fsp3) is 0.360. The van der Waals surface area contributed by atoms with Gasteiger partial charge >= 0.3 is 0 Å². The fourth-order valence-electron chi connectivity index (χ4n) is 4.43. The number of anilines is 1. The summed E-state index contributed by atoms with van der Waals surface area (Å²) in [6.45, 7) is 5.84. The van der Waals surface area contributed by atoms with Crippen molar-refractivity contribution in [2.24, 2.45) is 0 Å². The van der Waals surface area contributed by atoms with E-state index in [9.17, 15) is 9.59 Å². The molecule has 0 radical (unpaired) electrons. The van der Waals surface area contributed by atoms with Crippen LogP contribution < -0.4 is 4.90 Å². The normalized spacial score (nSPS) is 18.3. The van der Waals surface area contributed by atoms with Crippen molar-refractivity contribution >= 4 is 34.7 Å². The zero-order chi connectivity index (χ0) is 22.3. The van der Waals surface area contributed by atoms with Crippen molar-refractivity contribution in [3.05, 3.63) is 69.9 Å². The van der Waals surface area contributed by atoms with Crippen molar-refractivity contribution in [3.63, 3.8) is 0 Å². The second-order valence-corrected chi connectivity index (χ2v) is 9.05. The van der Waals surface area contributed by atoms with E-state index in [1.807, 2.05) is 56.1 Å². The number of carbonyl (C=O) groups is 2. The molecule has 31 heavy (non-hydrogen) atoms. The third kappa shape index (κ3) is 4.00. The number of carbonyl (C=O) groups excluding carboxylic acids is 2. The molecule has 2 aliphatic heterocycles. The highest BCUT2D eigenvalue weighted by Crippen LogP contribution is 2.38. The van der Waals surface area contributed by atoms with Gasteiger partial charge in [-0.2, -0.15) is 0 Å². The highest BCUT2D eigenvalue weighted by Gasteiger charge is 2.43. The van der Waals surface area contributed by atoms with E-state index in [4.69, 9.17) is 11.6 Å². The first-order valence-electron chi connectivity index (χ1n) is 10.7. The van der Waals surface area contributed by atoms with E-state index in [1.54, 1.807) is 12.1 Å². The van der Waals surface area contributed by atoms with Gasteiger partial charge in [0.25, 0.3) is 11.8 Å². The van der Waals surface area contributed by atoms with Gasteiger partial charge in [0.1, 0.15) is 5.70 Å². The first-order valence-corrected chi connectivity index (χ1v) is 11.0. The topological polar surface area (TPSA) is 43.9 Å². The molecule has 0 atom stereocenters. The molecule has 6 heteroatoms. The van der Waals surface area contributed by atoms with Crippen LogP contribution in [0.3, 0.4) is 0 Å². The molecule has 0 N–H and O–H groups in total. The van der Waals surface area contributed by atoms with Crippen molar-refractivity contribution in [2.45, 2.75) is 32.7 Å². The van der Waals surface area contributed by atoms with Crippen LogP contribution in [0.15, 0.2) is 48.2 Å². The van der Waals surface area contributed by atoms with E-state index in [1.165, 1.54) is 4.90 Å². The number of aryl methyl sites for hydroxylation is 2. The van der Waals surface area contributed by atoms with Crippen LogP contribution >= 0.6 is 11.6 Å². The van der Waals surface area contributed by atoms with Gasteiger partial charge < -0.3 is 9.80 Å². The van der Waals surface area contributed by atoms with Gasteiger partial charge in [0.2, 0.25) is 0 Å². The van der Waals surface area contributed by atoms with Gasteiger partial charge in [0.05, 0.1) is 11.3 Å². The third-order valence-electron chi connectivity index (χ3n) is 6.40. The standard InChI is InChI=1S/C25H28ClN3O2/c1-16-5-8-18(9-6-16)22-23(28(4)20-11-13-27(3)14-12-20)25(31)29(24(22)30)21-15-19(26)10-7-17(21)2/h5-10,15,20H,11-14H2,1-4H3. The highest BCUT2D eigenvalue weighted by atomic mass is 35.5. The molecule has 2 aliphatic rings. The summed E-state index contributed by atoms with van der Waals surface area (Å²) < 4.78 is 0. The number of benzene rings is 2. The van der Waals surface area contributed by atoms with Crippen molar-refractivity contribution in [2.75, 3.05) is 32.1 Å². The van der Waals surface area contributed by atoms with Gasteiger partial charge in [0, 0.05) is 18.1 Å². The molecule has 2 aromatic carbocycles. The molecule has 2 heterocycles. The Kier molecular flexibility index (Phi) is 5.91. The van der Waals surface area contributed by atoms with E-state index in [-0.39, 0.29) is 17.9 Å². The molecular weight excluding hydrogens is 410 g/mol. The number of halogens is 1. The Morgan fingerprint density at radius 1 is 0.968 bits per heavy atom. The minimum Gasteiger partial charge on any atom is -0.366 e. The summed E-state index contributed by atoms with van der Waals surface area (Å²) >= 11 is 6.22. The lowest BCUT2D eigenvalue weighted by Gasteiger charge is -2.36. The smallest absolute Gasteiger partial charge is 0.282 e. The summed E-state index contributed by atoms with van der Waals surface area (Å²) in [6, 6.07) is 13.3. The number of hydrogen-bond donors (Lipinski definition) is 0. The molecule has 0 saturated carbocycles. The SMILES string of the molecule is Cc1ccc(C2=C(N(C)C3CCN(C)CC3)C(=O)N(c3cc(Cl)ccc3C)C2=O)cc1. The average molecular weight is 438 g/mol. The molecule has 162 valence electrons. The molecule has 0 bridgehead atoms. The minimum absolute atomic E-state index is 0.212. The quantitative estimate of drug-likeness (QED) is 0.670. The Balaban J connectivity index is 1.81. The largest absolute Gasteiger partial charge is 0.366 e. The average Bonchev–Trinajstić information content (AvgIpc) is 3.00. The summed E-state index contributed by atoms with van der Waals surface area (Å²) in [6.07, 6.45) is 1.91. The Morgan fingerprint density at radius 3 is 2.26 bits per heavy atom. The number of piperidine rings is 1. The molecule has 0 unspecified atom stereocenters. The lowest BCUT2D eigenvalue weighted by atomic mass is 9.99. The van der Waals surface area contributed by atoms with Crippen LogP contribution in [0.4, 0.5) is 5.69 Å². The van der Waals surface area contributed by atoms with Crippen LogP contribution in [0, 0.1) is 13.8 Å². The van der Waals surface area contributed by atoms with Crippen LogP contribution in [0.2, 0.25) is 5.02 Å². The number of likely N-dealkylation sites (tertiary alicyclic amines) is 1. The van der Waals surface area contributed by atoms with Crippen LogP contribution in [0.5, 0.6) is 0 Å². The predicted octanol–water partition coefficient (Wildman–Crippen LogP) is 4.27. The zero-order valence-electron chi connectivity index (χ0n) is 18.5. The van der Waals surface area contributed by atoms with Gasteiger partial charge in [-0.05, 0) is 70.1 Å². The lowest BCUT2D eigenvalue weighted by molar-refractivity contribution is -0.120. The summed E-state index contributed by atoms with van der Waals surface area (Å²) in [5.74, 6) is -0.582. The molecule has 1 fully saturated rings. The maximum Gasteiger partial charge on any atom is 0.282 e. The van der Waals surface area contributed by atoms with E-state index >= 15 is 0 Å². The number of nitrogens with zero attached hydrogens (tertiary/aromatic N) is 3. The monoisotopic (exact) mass is 437 g/mol. The lowest BCUT2D eigenvalue weighted by Crippen LogP contribution is -2.43. The van der Waals surface area contributed by atoms with Gasteiger partial charge in [-0.25, -0.2) is 4.90 Å². The molecule has 2 aromatic rings. The molecule has 4 rings (SSSR count).